The van der Waals surface area contributed by atoms with E-state index in [1.54, 1.807) is 12.1 Å². The van der Waals surface area contributed by atoms with Crippen LogP contribution < -0.4 is 9.47 Å². The van der Waals surface area contributed by atoms with Gasteiger partial charge in [-0.2, -0.15) is 8.42 Å². The summed E-state index contributed by atoms with van der Waals surface area (Å²) < 4.78 is 43.1. The lowest BCUT2D eigenvalue weighted by atomic mass is 9.89. The van der Waals surface area contributed by atoms with Crippen LogP contribution in [-0.4, -0.2) is 14.1 Å². The van der Waals surface area contributed by atoms with Gasteiger partial charge in [-0.05, 0) is 61.6 Å². The third-order valence-electron chi connectivity index (χ3n) is 6.39. The van der Waals surface area contributed by atoms with E-state index in [9.17, 15) is 8.42 Å². The van der Waals surface area contributed by atoms with Crippen molar-refractivity contribution in [3.05, 3.63) is 125 Å². The van der Waals surface area contributed by atoms with Gasteiger partial charge < -0.3 is 9.47 Å². The van der Waals surface area contributed by atoms with Crippen molar-refractivity contribution in [2.45, 2.75) is 44.3 Å². The summed E-state index contributed by atoms with van der Waals surface area (Å²) in [5, 5.41) is 4.11. The Balaban J connectivity index is 1.44. The molecule has 4 aromatic carbocycles. The number of hydrogen-bond donors (Lipinski definition) is 0. The van der Waals surface area contributed by atoms with Gasteiger partial charge in [-0.1, -0.05) is 83.5 Å². The van der Waals surface area contributed by atoms with Gasteiger partial charge in [0.05, 0.1) is 5.71 Å². The summed E-state index contributed by atoms with van der Waals surface area (Å²) in [7, 11) is -4.03. The first kappa shape index (κ1) is 25.5. The van der Waals surface area contributed by atoms with Crippen LogP contribution in [-0.2, 0) is 34.0 Å². The molecule has 0 aromatic heterocycles. The molecule has 0 heterocycles. The smallest absolute Gasteiger partial charge is 0.358 e. The average Bonchev–Trinajstić information content (AvgIpc) is 2.95. The van der Waals surface area contributed by atoms with Gasteiger partial charge in [0.25, 0.3) is 0 Å². The lowest BCUT2D eigenvalue weighted by molar-refractivity contribution is 0.253. The number of aryl methyl sites for hydroxylation is 1. The Kier molecular flexibility index (Phi) is 7.75. The fraction of sp³-hybridized carbons (Fsp3) is 0.194. The molecule has 38 heavy (non-hydrogen) atoms. The van der Waals surface area contributed by atoms with Gasteiger partial charge in [0.15, 0.2) is 11.5 Å². The van der Waals surface area contributed by atoms with Crippen molar-refractivity contribution < 1.29 is 22.2 Å². The Hall–Kier alpha value is -4.10. The largest absolute Gasteiger partial charge is 0.485 e. The molecule has 0 spiro atoms. The predicted octanol–water partition coefficient (Wildman–Crippen LogP) is 6.60. The molecule has 5 rings (SSSR count). The second kappa shape index (κ2) is 11.5. The van der Waals surface area contributed by atoms with Crippen molar-refractivity contribution in [2.24, 2.45) is 5.16 Å². The summed E-state index contributed by atoms with van der Waals surface area (Å²) in [6.45, 7) is 2.68. The summed E-state index contributed by atoms with van der Waals surface area (Å²) in [6, 6.07) is 30.2. The molecular formula is C31H29NO5S. The molecule has 0 atom stereocenters. The summed E-state index contributed by atoms with van der Waals surface area (Å²) in [5.41, 5.74) is 5.37. The maximum absolute atomic E-state index is 12.7. The van der Waals surface area contributed by atoms with Gasteiger partial charge in [0.2, 0.25) is 0 Å². The molecule has 1 aliphatic carbocycles. The number of ether oxygens (including phenoxy) is 2. The highest BCUT2D eigenvalue weighted by molar-refractivity contribution is 7.86. The highest BCUT2D eigenvalue weighted by Crippen LogP contribution is 2.39. The van der Waals surface area contributed by atoms with Crippen molar-refractivity contribution in [2.75, 3.05) is 0 Å². The van der Waals surface area contributed by atoms with E-state index in [1.165, 1.54) is 12.1 Å². The fourth-order valence-corrected chi connectivity index (χ4v) is 5.11. The zero-order chi connectivity index (χ0) is 26.4. The quantitative estimate of drug-likeness (QED) is 0.229. The summed E-state index contributed by atoms with van der Waals surface area (Å²) in [5.74, 6) is 1.29. The van der Waals surface area contributed by atoms with E-state index < -0.39 is 10.1 Å². The maximum atomic E-state index is 12.7. The fourth-order valence-electron chi connectivity index (χ4n) is 4.37. The Morgan fingerprint density at radius 2 is 1.37 bits per heavy atom. The summed E-state index contributed by atoms with van der Waals surface area (Å²) in [6.07, 6.45) is 2.13. The van der Waals surface area contributed by atoms with Crippen molar-refractivity contribution in [3.8, 4) is 11.5 Å². The average molecular weight is 528 g/mol. The number of nitrogens with zero attached hydrogens (tertiary/aromatic N) is 1. The minimum atomic E-state index is -4.03. The Morgan fingerprint density at radius 1 is 0.737 bits per heavy atom. The van der Waals surface area contributed by atoms with Crippen molar-refractivity contribution in [1.29, 1.82) is 0 Å². The molecule has 0 radical (unpaired) electrons. The van der Waals surface area contributed by atoms with E-state index in [2.05, 4.69) is 5.16 Å². The van der Waals surface area contributed by atoms with E-state index in [0.717, 1.165) is 40.7 Å². The van der Waals surface area contributed by atoms with E-state index in [-0.39, 0.29) is 4.90 Å². The zero-order valence-corrected chi connectivity index (χ0v) is 22.0. The van der Waals surface area contributed by atoms with Crippen LogP contribution >= 0.6 is 0 Å². The van der Waals surface area contributed by atoms with Gasteiger partial charge in [-0.15, -0.1) is 0 Å². The number of fused-ring (bicyclic) bond motifs is 1. The maximum Gasteiger partial charge on any atom is 0.358 e. The molecule has 0 saturated carbocycles. The van der Waals surface area contributed by atoms with Crippen molar-refractivity contribution in [1.82, 2.24) is 0 Å². The molecule has 194 valence electrons. The van der Waals surface area contributed by atoms with Crippen LogP contribution in [0.1, 0.15) is 40.7 Å². The molecule has 4 aromatic rings. The molecule has 6 nitrogen and oxygen atoms in total. The molecule has 0 amide bonds. The van der Waals surface area contributed by atoms with Crippen LogP contribution in [0, 0.1) is 6.92 Å². The normalized spacial score (nSPS) is 14.1. The highest BCUT2D eigenvalue weighted by atomic mass is 32.2. The van der Waals surface area contributed by atoms with Crippen LogP contribution in [0.3, 0.4) is 0 Å². The molecule has 0 bridgehead atoms. The minimum absolute atomic E-state index is 0.0695. The van der Waals surface area contributed by atoms with Crippen molar-refractivity contribution >= 4 is 15.8 Å². The summed E-state index contributed by atoms with van der Waals surface area (Å²) in [4.78, 5) is 0.0695. The molecule has 0 saturated heterocycles. The van der Waals surface area contributed by atoms with Gasteiger partial charge >= 0.3 is 10.1 Å². The minimum Gasteiger partial charge on any atom is -0.485 e. The lowest BCUT2D eigenvalue weighted by Gasteiger charge is -2.23. The van der Waals surface area contributed by atoms with Crippen LogP contribution in [0.15, 0.2) is 107 Å². The first-order chi connectivity index (χ1) is 18.5. The molecule has 0 fully saturated rings. The number of benzene rings is 4. The Morgan fingerprint density at radius 3 is 2.03 bits per heavy atom. The third kappa shape index (κ3) is 6.06. The SMILES string of the molecule is Cc1ccc(S(=O)(=O)O/N=C2\CCCc3c2ccc(OCc2ccccc2)c3OCc2ccccc2)cc1. The highest BCUT2D eigenvalue weighted by Gasteiger charge is 2.25. The predicted molar refractivity (Wildman–Crippen MR) is 147 cm³/mol. The van der Waals surface area contributed by atoms with Crippen LogP contribution in [0.5, 0.6) is 11.5 Å². The molecule has 0 aliphatic heterocycles. The lowest BCUT2D eigenvalue weighted by Crippen LogP contribution is -2.16. The molecule has 1 aliphatic rings. The van der Waals surface area contributed by atoms with Gasteiger partial charge in [0.1, 0.15) is 18.1 Å². The standard InChI is InChI=1S/C31H29NO5S/c1-23-15-17-26(18-16-23)38(33,34)37-32-29-14-8-13-28-27(29)19-20-30(35-21-24-9-4-2-5-10-24)31(28)36-22-25-11-6-3-7-12-25/h2-7,9-12,15-20H,8,13-14,21-22H2,1H3/b32-29+. The van der Waals surface area contributed by atoms with Gasteiger partial charge in [0, 0.05) is 11.1 Å². The number of hydrogen-bond acceptors (Lipinski definition) is 6. The van der Waals surface area contributed by atoms with Crippen LogP contribution in [0.2, 0.25) is 0 Å². The third-order valence-corrected chi connectivity index (χ3v) is 7.51. The first-order valence-corrected chi connectivity index (χ1v) is 14.0. The monoisotopic (exact) mass is 527 g/mol. The first-order valence-electron chi connectivity index (χ1n) is 12.6. The Labute approximate surface area is 223 Å². The number of rotatable bonds is 9. The zero-order valence-electron chi connectivity index (χ0n) is 21.2. The number of oxime groups is 1. The molecule has 7 heteroatoms. The van der Waals surface area contributed by atoms with E-state index in [0.29, 0.717) is 36.8 Å². The van der Waals surface area contributed by atoms with E-state index in [4.69, 9.17) is 13.8 Å². The molecule has 0 unspecified atom stereocenters. The van der Waals surface area contributed by atoms with E-state index >= 15 is 0 Å². The second-order valence-corrected chi connectivity index (χ2v) is 10.7. The van der Waals surface area contributed by atoms with Gasteiger partial charge in [-0.3, -0.25) is 4.28 Å². The second-order valence-electron chi connectivity index (χ2n) is 9.20. The van der Waals surface area contributed by atoms with Gasteiger partial charge in [-0.25, -0.2) is 0 Å². The summed E-state index contributed by atoms with van der Waals surface area (Å²) >= 11 is 0. The molecular weight excluding hydrogens is 498 g/mol. The van der Waals surface area contributed by atoms with Crippen molar-refractivity contribution in [3.63, 3.8) is 0 Å². The van der Waals surface area contributed by atoms with Crippen LogP contribution in [0.25, 0.3) is 0 Å². The molecule has 0 N–H and O–H groups in total. The topological polar surface area (TPSA) is 74.2 Å². The van der Waals surface area contributed by atoms with E-state index in [1.807, 2.05) is 79.7 Å². The van der Waals surface area contributed by atoms with Crippen LogP contribution in [0.4, 0.5) is 0 Å². The Bertz CT molecular complexity index is 1520.